The fourth-order valence-corrected chi connectivity index (χ4v) is 1.93. The van der Waals surface area contributed by atoms with Crippen LogP contribution in [-0.4, -0.2) is 6.10 Å². The molecule has 1 heteroatoms. The van der Waals surface area contributed by atoms with Crippen molar-refractivity contribution >= 4 is 0 Å². The van der Waals surface area contributed by atoms with Crippen molar-refractivity contribution in [2.24, 2.45) is 0 Å². The van der Waals surface area contributed by atoms with E-state index in [1.54, 1.807) is 0 Å². The molecule has 1 saturated heterocycles. The highest BCUT2D eigenvalue weighted by atomic mass is 16.5. The Balaban J connectivity index is 2.02. The second-order valence-corrected chi connectivity index (χ2v) is 3.68. The predicted octanol–water partition coefficient (Wildman–Crippen LogP) is 3.48. The molecule has 0 aromatic heterocycles. The lowest BCUT2D eigenvalue weighted by Crippen LogP contribution is -2.02. The van der Waals surface area contributed by atoms with Crippen molar-refractivity contribution in [2.45, 2.75) is 32.0 Å². The maximum Gasteiger partial charge on any atom is 0.0834 e. The summed E-state index contributed by atoms with van der Waals surface area (Å²) in [6.07, 6.45) is 7.12. The summed E-state index contributed by atoms with van der Waals surface area (Å²) in [6, 6.07) is 10.5. The Hall–Kier alpha value is -1.08. The summed E-state index contributed by atoms with van der Waals surface area (Å²) in [5.41, 5.74) is 1.31. The van der Waals surface area contributed by atoms with Gasteiger partial charge >= 0.3 is 0 Å². The van der Waals surface area contributed by atoms with Gasteiger partial charge in [-0.15, -0.1) is 0 Å². The van der Waals surface area contributed by atoms with Gasteiger partial charge < -0.3 is 4.74 Å². The predicted molar refractivity (Wildman–Crippen MR) is 58.1 cm³/mol. The summed E-state index contributed by atoms with van der Waals surface area (Å²) in [4.78, 5) is 0. The van der Waals surface area contributed by atoms with E-state index in [0.717, 1.165) is 12.8 Å². The number of benzene rings is 1. The Bertz CT molecular complexity index is 302. The zero-order valence-electron chi connectivity index (χ0n) is 8.52. The van der Waals surface area contributed by atoms with E-state index in [9.17, 15) is 0 Å². The second kappa shape index (κ2) is 4.43. The minimum atomic E-state index is 0.303. The molecular weight excluding hydrogens is 172 g/mol. The summed E-state index contributed by atoms with van der Waals surface area (Å²) in [6.45, 7) is 2.04. The number of rotatable bonds is 2. The van der Waals surface area contributed by atoms with Gasteiger partial charge in [0.2, 0.25) is 0 Å². The molecule has 2 atom stereocenters. The van der Waals surface area contributed by atoms with E-state index in [4.69, 9.17) is 4.74 Å². The van der Waals surface area contributed by atoms with Gasteiger partial charge in [0.05, 0.1) is 12.2 Å². The average molecular weight is 188 g/mol. The smallest absolute Gasteiger partial charge is 0.0834 e. The lowest BCUT2D eigenvalue weighted by Gasteiger charge is -2.11. The highest BCUT2D eigenvalue weighted by Crippen LogP contribution is 2.32. The Morgan fingerprint density at radius 2 is 2.00 bits per heavy atom. The Labute approximate surface area is 85.4 Å². The normalized spacial score (nSPS) is 27.2. The van der Waals surface area contributed by atoms with Crippen LogP contribution in [0.4, 0.5) is 0 Å². The number of allylic oxidation sites excluding steroid dienone is 1. The third-order valence-electron chi connectivity index (χ3n) is 2.63. The van der Waals surface area contributed by atoms with E-state index < -0.39 is 0 Å². The van der Waals surface area contributed by atoms with Crippen molar-refractivity contribution in [1.29, 1.82) is 0 Å². The second-order valence-electron chi connectivity index (χ2n) is 3.68. The quantitative estimate of drug-likeness (QED) is 0.645. The van der Waals surface area contributed by atoms with Gasteiger partial charge in [-0.25, -0.2) is 0 Å². The third kappa shape index (κ3) is 2.05. The number of hydrogen-bond acceptors (Lipinski definition) is 1. The minimum absolute atomic E-state index is 0.303. The van der Waals surface area contributed by atoms with Crippen LogP contribution in [0.2, 0.25) is 0 Å². The van der Waals surface area contributed by atoms with Crippen LogP contribution in [0.5, 0.6) is 0 Å². The molecule has 74 valence electrons. The van der Waals surface area contributed by atoms with Crippen LogP contribution in [0.1, 0.15) is 31.4 Å². The monoisotopic (exact) mass is 188 g/mol. The first-order valence-electron chi connectivity index (χ1n) is 5.23. The SMILES string of the molecule is C/C=C/C1CCC(c2ccccc2)O1. The zero-order chi connectivity index (χ0) is 9.80. The maximum atomic E-state index is 5.90. The molecule has 0 saturated carbocycles. The van der Waals surface area contributed by atoms with Crippen molar-refractivity contribution in [3.8, 4) is 0 Å². The van der Waals surface area contributed by atoms with E-state index in [2.05, 4.69) is 36.4 Å². The van der Waals surface area contributed by atoms with Crippen molar-refractivity contribution in [1.82, 2.24) is 0 Å². The van der Waals surface area contributed by atoms with E-state index >= 15 is 0 Å². The van der Waals surface area contributed by atoms with Gasteiger partial charge in [0.25, 0.3) is 0 Å². The summed E-state index contributed by atoms with van der Waals surface area (Å²) in [7, 11) is 0. The van der Waals surface area contributed by atoms with E-state index in [-0.39, 0.29) is 0 Å². The maximum absolute atomic E-state index is 5.90. The van der Waals surface area contributed by atoms with Crippen molar-refractivity contribution < 1.29 is 4.74 Å². The highest BCUT2D eigenvalue weighted by Gasteiger charge is 2.23. The van der Waals surface area contributed by atoms with Gasteiger partial charge in [-0.05, 0) is 25.3 Å². The molecule has 0 radical (unpaired) electrons. The lowest BCUT2D eigenvalue weighted by atomic mass is 10.1. The molecule has 0 amide bonds. The summed E-state index contributed by atoms with van der Waals surface area (Å²) >= 11 is 0. The summed E-state index contributed by atoms with van der Waals surface area (Å²) in [5.74, 6) is 0. The van der Waals surface area contributed by atoms with Crippen LogP contribution in [0, 0.1) is 0 Å². The first-order chi connectivity index (χ1) is 6.90. The minimum Gasteiger partial charge on any atom is -0.366 e. The molecule has 2 unspecified atom stereocenters. The Morgan fingerprint density at radius 1 is 1.21 bits per heavy atom. The molecule has 0 N–H and O–H groups in total. The van der Waals surface area contributed by atoms with E-state index in [0.29, 0.717) is 12.2 Å². The molecule has 1 aliphatic heterocycles. The van der Waals surface area contributed by atoms with Crippen LogP contribution in [0.15, 0.2) is 42.5 Å². The Kier molecular flexibility index (Phi) is 3.00. The van der Waals surface area contributed by atoms with E-state index in [1.807, 2.05) is 13.0 Å². The zero-order valence-corrected chi connectivity index (χ0v) is 8.52. The first-order valence-corrected chi connectivity index (χ1v) is 5.23. The van der Waals surface area contributed by atoms with Crippen molar-refractivity contribution in [2.75, 3.05) is 0 Å². The Morgan fingerprint density at radius 3 is 2.71 bits per heavy atom. The van der Waals surface area contributed by atoms with Crippen LogP contribution in [0.25, 0.3) is 0 Å². The molecule has 1 nitrogen and oxygen atoms in total. The topological polar surface area (TPSA) is 9.23 Å². The fraction of sp³-hybridized carbons (Fsp3) is 0.385. The van der Waals surface area contributed by atoms with E-state index in [1.165, 1.54) is 5.56 Å². The van der Waals surface area contributed by atoms with Crippen molar-refractivity contribution in [3.05, 3.63) is 48.0 Å². The molecule has 1 aromatic carbocycles. The van der Waals surface area contributed by atoms with Crippen LogP contribution >= 0.6 is 0 Å². The van der Waals surface area contributed by atoms with Gasteiger partial charge in [-0.3, -0.25) is 0 Å². The van der Waals surface area contributed by atoms with Gasteiger partial charge in [0.15, 0.2) is 0 Å². The summed E-state index contributed by atoms with van der Waals surface area (Å²) in [5, 5.41) is 0. The summed E-state index contributed by atoms with van der Waals surface area (Å²) < 4.78 is 5.90. The fourth-order valence-electron chi connectivity index (χ4n) is 1.93. The molecule has 1 aliphatic rings. The van der Waals surface area contributed by atoms with Gasteiger partial charge in [-0.1, -0.05) is 42.5 Å². The number of hydrogen-bond donors (Lipinski definition) is 0. The van der Waals surface area contributed by atoms with Crippen LogP contribution in [-0.2, 0) is 4.74 Å². The van der Waals surface area contributed by atoms with Crippen LogP contribution < -0.4 is 0 Å². The van der Waals surface area contributed by atoms with Gasteiger partial charge in [-0.2, -0.15) is 0 Å². The third-order valence-corrected chi connectivity index (χ3v) is 2.63. The molecule has 1 fully saturated rings. The van der Waals surface area contributed by atoms with Gasteiger partial charge in [0, 0.05) is 0 Å². The van der Waals surface area contributed by atoms with Crippen LogP contribution in [0.3, 0.4) is 0 Å². The number of ether oxygens (including phenoxy) is 1. The molecule has 1 aromatic rings. The highest BCUT2D eigenvalue weighted by molar-refractivity contribution is 5.18. The molecule has 2 rings (SSSR count). The molecule has 1 heterocycles. The largest absolute Gasteiger partial charge is 0.366 e. The molecule has 14 heavy (non-hydrogen) atoms. The first kappa shape index (κ1) is 9.47. The lowest BCUT2D eigenvalue weighted by molar-refractivity contribution is 0.0710. The van der Waals surface area contributed by atoms with Crippen molar-refractivity contribution in [3.63, 3.8) is 0 Å². The molecule has 0 bridgehead atoms. The molecular formula is C13H16O. The standard InChI is InChI=1S/C13H16O/c1-2-6-12-9-10-13(14-12)11-7-4-3-5-8-11/h2-8,12-13H,9-10H2,1H3/b6-2+. The average Bonchev–Trinajstić information content (AvgIpc) is 2.68. The van der Waals surface area contributed by atoms with Gasteiger partial charge in [0.1, 0.15) is 0 Å². The molecule has 0 aliphatic carbocycles. The molecule has 0 spiro atoms.